The number of hydrogen-bond donors (Lipinski definition) is 1. The second-order valence-electron chi connectivity index (χ2n) is 5.80. The minimum Gasteiger partial charge on any atom is -0.369 e. The van der Waals surface area contributed by atoms with E-state index in [0.29, 0.717) is 31.9 Å². The van der Waals surface area contributed by atoms with E-state index in [2.05, 4.69) is 15.2 Å². The predicted molar refractivity (Wildman–Crippen MR) is 96.0 cm³/mol. The summed E-state index contributed by atoms with van der Waals surface area (Å²) in [7, 11) is -3.53. The van der Waals surface area contributed by atoms with Gasteiger partial charge in [-0.05, 0) is 36.4 Å². The van der Waals surface area contributed by atoms with Gasteiger partial charge in [0.15, 0.2) is 0 Å². The molecule has 0 unspecified atom stereocenters. The Labute approximate surface area is 147 Å². The highest BCUT2D eigenvalue weighted by molar-refractivity contribution is 7.89. The van der Waals surface area contributed by atoms with Crippen molar-refractivity contribution < 1.29 is 13.2 Å². The fourth-order valence-electron chi connectivity index (χ4n) is 2.80. The molecule has 2 heterocycles. The average Bonchev–Trinajstić information content (AvgIpc) is 2.62. The lowest BCUT2D eigenvalue weighted by Crippen LogP contribution is -2.48. The standard InChI is InChI=1S/C17H20N4O3S/c1-14(22)19-15-2-4-17(5-3-15)25(23,24)21-12-10-20(11-13-21)16-6-8-18-9-7-16/h2-9H,10-13H2,1H3,(H,19,22). The number of piperazine rings is 1. The van der Waals surface area contributed by atoms with E-state index in [4.69, 9.17) is 0 Å². The van der Waals surface area contributed by atoms with E-state index < -0.39 is 10.0 Å². The van der Waals surface area contributed by atoms with Crippen LogP contribution in [0.25, 0.3) is 0 Å². The SMILES string of the molecule is CC(=O)Nc1ccc(S(=O)(=O)N2CCN(c3ccncc3)CC2)cc1. The Kier molecular flexibility index (Phi) is 5.00. The zero-order valence-electron chi connectivity index (χ0n) is 13.9. The van der Waals surface area contributed by atoms with Crippen LogP contribution in [0.3, 0.4) is 0 Å². The topological polar surface area (TPSA) is 82.6 Å². The third-order valence-corrected chi connectivity index (χ3v) is 5.99. The van der Waals surface area contributed by atoms with Gasteiger partial charge in [0.2, 0.25) is 15.9 Å². The summed E-state index contributed by atoms with van der Waals surface area (Å²) in [5.74, 6) is -0.192. The van der Waals surface area contributed by atoms with E-state index in [-0.39, 0.29) is 10.8 Å². The number of rotatable bonds is 4. The van der Waals surface area contributed by atoms with Gasteiger partial charge >= 0.3 is 0 Å². The summed E-state index contributed by atoms with van der Waals surface area (Å²) < 4.78 is 27.0. The zero-order valence-corrected chi connectivity index (χ0v) is 14.7. The summed E-state index contributed by atoms with van der Waals surface area (Å²) in [6.45, 7) is 3.53. The highest BCUT2D eigenvalue weighted by atomic mass is 32.2. The molecule has 0 spiro atoms. The molecule has 7 nitrogen and oxygen atoms in total. The lowest BCUT2D eigenvalue weighted by Gasteiger charge is -2.35. The Balaban J connectivity index is 1.68. The number of amides is 1. The Hall–Kier alpha value is -2.45. The predicted octanol–water partition coefficient (Wildman–Crippen LogP) is 1.55. The first-order valence-electron chi connectivity index (χ1n) is 7.99. The minimum atomic E-state index is -3.53. The Morgan fingerprint density at radius 3 is 2.16 bits per heavy atom. The maximum absolute atomic E-state index is 12.8. The van der Waals surface area contributed by atoms with Crippen LogP contribution < -0.4 is 10.2 Å². The van der Waals surface area contributed by atoms with Gasteiger partial charge in [-0.25, -0.2) is 8.42 Å². The molecule has 3 rings (SSSR count). The van der Waals surface area contributed by atoms with E-state index in [1.54, 1.807) is 24.5 Å². The zero-order chi connectivity index (χ0) is 17.9. The maximum atomic E-state index is 12.8. The first kappa shape index (κ1) is 17.4. The van der Waals surface area contributed by atoms with E-state index in [1.807, 2.05) is 12.1 Å². The maximum Gasteiger partial charge on any atom is 0.243 e. The molecule has 8 heteroatoms. The number of hydrogen-bond acceptors (Lipinski definition) is 5. The molecule has 0 bridgehead atoms. The summed E-state index contributed by atoms with van der Waals surface area (Å²) in [5.41, 5.74) is 1.63. The van der Waals surface area contributed by atoms with Gasteiger partial charge in [0.25, 0.3) is 0 Å². The van der Waals surface area contributed by atoms with E-state index >= 15 is 0 Å². The number of benzene rings is 1. The molecule has 1 aromatic carbocycles. The molecule has 25 heavy (non-hydrogen) atoms. The first-order valence-corrected chi connectivity index (χ1v) is 9.43. The summed E-state index contributed by atoms with van der Waals surface area (Å²) >= 11 is 0. The third-order valence-electron chi connectivity index (χ3n) is 4.08. The van der Waals surface area contributed by atoms with Crippen LogP contribution in [0.2, 0.25) is 0 Å². The monoisotopic (exact) mass is 360 g/mol. The Morgan fingerprint density at radius 2 is 1.60 bits per heavy atom. The number of sulfonamides is 1. The molecular formula is C17H20N4O3S. The Bertz CT molecular complexity index is 830. The van der Waals surface area contributed by atoms with Crippen molar-refractivity contribution in [2.45, 2.75) is 11.8 Å². The van der Waals surface area contributed by atoms with Crippen LogP contribution in [0.15, 0.2) is 53.7 Å². The minimum absolute atomic E-state index is 0.192. The number of anilines is 2. The lowest BCUT2D eigenvalue weighted by atomic mass is 10.3. The Morgan fingerprint density at radius 1 is 1.00 bits per heavy atom. The number of aromatic nitrogens is 1. The molecule has 1 aromatic heterocycles. The van der Waals surface area contributed by atoms with Gasteiger partial charge in [-0.15, -0.1) is 0 Å². The van der Waals surface area contributed by atoms with Gasteiger partial charge in [0.1, 0.15) is 0 Å². The first-order chi connectivity index (χ1) is 12.0. The van der Waals surface area contributed by atoms with Crippen LogP contribution in [0.5, 0.6) is 0 Å². The molecule has 1 amide bonds. The van der Waals surface area contributed by atoms with Crippen molar-refractivity contribution in [2.75, 3.05) is 36.4 Å². The van der Waals surface area contributed by atoms with Crippen LogP contribution >= 0.6 is 0 Å². The number of pyridine rings is 1. The molecule has 1 fully saturated rings. The molecule has 0 saturated carbocycles. The van der Waals surface area contributed by atoms with E-state index in [1.165, 1.54) is 23.4 Å². The molecule has 0 atom stereocenters. The number of nitrogens with one attached hydrogen (secondary N) is 1. The van der Waals surface area contributed by atoms with Crippen molar-refractivity contribution in [3.8, 4) is 0 Å². The quantitative estimate of drug-likeness (QED) is 0.894. The van der Waals surface area contributed by atoms with Gasteiger partial charge in [0, 0.05) is 56.9 Å². The molecule has 0 aliphatic carbocycles. The van der Waals surface area contributed by atoms with Gasteiger partial charge in [-0.3, -0.25) is 9.78 Å². The molecule has 132 valence electrons. The van der Waals surface area contributed by atoms with Gasteiger partial charge < -0.3 is 10.2 Å². The summed E-state index contributed by atoms with van der Waals surface area (Å²) in [4.78, 5) is 17.4. The van der Waals surface area contributed by atoms with Gasteiger partial charge in [0.05, 0.1) is 4.90 Å². The van der Waals surface area contributed by atoms with Crippen LogP contribution in [-0.2, 0) is 14.8 Å². The largest absolute Gasteiger partial charge is 0.369 e. The van der Waals surface area contributed by atoms with Crippen LogP contribution in [0.1, 0.15) is 6.92 Å². The fourth-order valence-corrected chi connectivity index (χ4v) is 4.23. The van der Waals surface area contributed by atoms with E-state index in [0.717, 1.165) is 5.69 Å². The third kappa shape index (κ3) is 3.97. The molecule has 2 aromatic rings. The van der Waals surface area contributed by atoms with E-state index in [9.17, 15) is 13.2 Å². The van der Waals surface area contributed by atoms with Crippen LogP contribution in [0, 0.1) is 0 Å². The highest BCUT2D eigenvalue weighted by Gasteiger charge is 2.28. The summed E-state index contributed by atoms with van der Waals surface area (Å²) in [5, 5.41) is 2.63. The second kappa shape index (κ2) is 7.20. The van der Waals surface area contributed by atoms with Crippen LogP contribution in [-0.4, -0.2) is 49.8 Å². The number of nitrogens with zero attached hydrogens (tertiary/aromatic N) is 3. The van der Waals surface area contributed by atoms with Crippen molar-refractivity contribution in [1.29, 1.82) is 0 Å². The normalized spacial score (nSPS) is 15.8. The van der Waals surface area contributed by atoms with Crippen LogP contribution in [0.4, 0.5) is 11.4 Å². The highest BCUT2D eigenvalue weighted by Crippen LogP contribution is 2.22. The van der Waals surface area contributed by atoms with Crippen molar-refractivity contribution in [1.82, 2.24) is 9.29 Å². The summed E-state index contributed by atoms with van der Waals surface area (Å²) in [6, 6.07) is 10.1. The van der Waals surface area contributed by atoms with Gasteiger partial charge in [-0.1, -0.05) is 0 Å². The van der Waals surface area contributed by atoms with Crippen molar-refractivity contribution in [3.05, 3.63) is 48.8 Å². The number of carbonyl (C=O) groups is 1. The van der Waals surface area contributed by atoms with Crippen molar-refractivity contribution in [3.63, 3.8) is 0 Å². The fraction of sp³-hybridized carbons (Fsp3) is 0.294. The summed E-state index contributed by atoms with van der Waals surface area (Å²) in [6.07, 6.45) is 3.46. The molecule has 1 aliphatic heterocycles. The smallest absolute Gasteiger partial charge is 0.243 e. The number of carbonyl (C=O) groups excluding carboxylic acids is 1. The molecular weight excluding hydrogens is 340 g/mol. The van der Waals surface area contributed by atoms with Crippen molar-refractivity contribution in [2.24, 2.45) is 0 Å². The average molecular weight is 360 g/mol. The molecule has 0 radical (unpaired) electrons. The van der Waals surface area contributed by atoms with Gasteiger partial charge in [-0.2, -0.15) is 4.31 Å². The lowest BCUT2D eigenvalue weighted by molar-refractivity contribution is -0.114. The molecule has 1 N–H and O–H groups in total. The molecule has 1 saturated heterocycles. The van der Waals surface area contributed by atoms with Crippen molar-refractivity contribution >= 4 is 27.3 Å². The second-order valence-corrected chi connectivity index (χ2v) is 7.74. The molecule has 1 aliphatic rings.